The molecule has 2 aliphatic rings. The minimum Gasteiger partial charge on any atom is -0.484 e. The van der Waals surface area contributed by atoms with Crippen LogP contribution >= 0.6 is 0 Å². The maximum atomic E-state index is 13.0. The molecule has 8 nitrogen and oxygen atoms in total. The van der Waals surface area contributed by atoms with E-state index in [9.17, 15) is 14.3 Å². The quantitative estimate of drug-likeness (QED) is 0.518. The zero-order chi connectivity index (χ0) is 25.5. The van der Waals surface area contributed by atoms with Crippen molar-refractivity contribution in [2.24, 2.45) is 5.41 Å². The summed E-state index contributed by atoms with van der Waals surface area (Å²) in [4.78, 5) is 16.8. The lowest BCUT2D eigenvalue weighted by Gasteiger charge is -2.38. The molecule has 0 spiro atoms. The number of amides is 1. The van der Waals surface area contributed by atoms with E-state index in [2.05, 4.69) is 21.2 Å². The number of anilines is 1. The van der Waals surface area contributed by atoms with E-state index in [4.69, 9.17) is 14.2 Å². The molecular formula is C27H36FN3O5. The highest BCUT2D eigenvalue weighted by molar-refractivity contribution is 5.94. The Labute approximate surface area is 211 Å². The van der Waals surface area contributed by atoms with Crippen molar-refractivity contribution in [2.45, 2.75) is 20.0 Å². The van der Waals surface area contributed by atoms with Gasteiger partial charge < -0.3 is 29.5 Å². The van der Waals surface area contributed by atoms with Crippen molar-refractivity contribution in [1.29, 1.82) is 0 Å². The summed E-state index contributed by atoms with van der Waals surface area (Å²) < 4.78 is 31.0. The van der Waals surface area contributed by atoms with Crippen molar-refractivity contribution < 1.29 is 28.5 Å². The highest BCUT2D eigenvalue weighted by Gasteiger charge is 2.28. The predicted molar refractivity (Wildman–Crippen MR) is 135 cm³/mol. The topological polar surface area (TPSA) is 83.5 Å². The number of nitrogens with zero attached hydrogens (tertiary/aromatic N) is 2. The van der Waals surface area contributed by atoms with E-state index in [0.717, 1.165) is 49.9 Å². The summed E-state index contributed by atoms with van der Waals surface area (Å²) in [7, 11) is 0. The Morgan fingerprint density at radius 1 is 1.17 bits per heavy atom. The number of aliphatic hydroxyl groups excluding tert-OH is 1. The molecule has 0 aliphatic carbocycles. The normalized spacial score (nSPS) is 18.2. The Balaban J connectivity index is 1.22. The van der Waals surface area contributed by atoms with Gasteiger partial charge in [-0.3, -0.25) is 9.69 Å². The molecule has 1 fully saturated rings. The largest absolute Gasteiger partial charge is 0.484 e. The fourth-order valence-corrected chi connectivity index (χ4v) is 4.22. The van der Waals surface area contributed by atoms with Gasteiger partial charge in [-0.15, -0.1) is 0 Å². The van der Waals surface area contributed by atoms with E-state index in [0.29, 0.717) is 31.9 Å². The number of fused-ring (bicyclic) bond motifs is 1. The molecule has 196 valence electrons. The van der Waals surface area contributed by atoms with E-state index in [-0.39, 0.29) is 29.9 Å². The van der Waals surface area contributed by atoms with Crippen molar-refractivity contribution >= 4 is 11.6 Å². The molecule has 2 aliphatic heterocycles. The van der Waals surface area contributed by atoms with Crippen LogP contribution in [0.3, 0.4) is 0 Å². The average Bonchev–Trinajstić information content (AvgIpc) is 2.89. The van der Waals surface area contributed by atoms with Gasteiger partial charge in [0, 0.05) is 50.2 Å². The first-order chi connectivity index (χ1) is 17.3. The summed E-state index contributed by atoms with van der Waals surface area (Å²) in [5.41, 5.74) is 1.20. The van der Waals surface area contributed by atoms with Crippen LogP contribution in [0.15, 0.2) is 42.5 Å². The number of piperazine rings is 1. The fraction of sp³-hybridized carbons (Fsp3) is 0.519. The first-order valence-corrected chi connectivity index (χ1v) is 12.5. The Hall–Kier alpha value is -2.88. The van der Waals surface area contributed by atoms with Crippen molar-refractivity contribution in [1.82, 2.24) is 10.2 Å². The van der Waals surface area contributed by atoms with E-state index in [1.807, 2.05) is 26.0 Å². The van der Waals surface area contributed by atoms with E-state index in [1.54, 1.807) is 0 Å². The zero-order valence-electron chi connectivity index (χ0n) is 21.0. The number of carbonyl (C=O) groups is 1. The number of benzene rings is 2. The third-order valence-electron chi connectivity index (χ3n) is 6.42. The maximum absolute atomic E-state index is 13.0. The Morgan fingerprint density at radius 2 is 1.92 bits per heavy atom. The van der Waals surface area contributed by atoms with Crippen LogP contribution in [0.1, 0.15) is 24.2 Å². The molecule has 36 heavy (non-hydrogen) atoms. The van der Waals surface area contributed by atoms with Gasteiger partial charge >= 0.3 is 0 Å². The van der Waals surface area contributed by atoms with Crippen molar-refractivity contribution in [3.05, 3.63) is 53.8 Å². The second-order valence-corrected chi connectivity index (χ2v) is 10.1. The lowest BCUT2D eigenvalue weighted by molar-refractivity contribution is -0.0269. The van der Waals surface area contributed by atoms with Crippen LogP contribution in [0.25, 0.3) is 0 Å². The second kappa shape index (κ2) is 11.9. The molecule has 1 atom stereocenters. The van der Waals surface area contributed by atoms with Gasteiger partial charge in [-0.05, 0) is 36.4 Å². The summed E-state index contributed by atoms with van der Waals surface area (Å²) in [6.07, 6.45) is -0.191. The monoisotopic (exact) mass is 501 g/mol. The van der Waals surface area contributed by atoms with Gasteiger partial charge in [0.2, 0.25) is 0 Å². The van der Waals surface area contributed by atoms with E-state index >= 15 is 0 Å². The molecule has 9 heteroatoms. The van der Waals surface area contributed by atoms with Crippen LogP contribution in [0.5, 0.6) is 11.5 Å². The van der Waals surface area contributed by atoms with Gasteiger partial charge in [0.25, 0.3) is 5.91 Å². The van der Waals surface area contributed by atoms with Crippen molar-refractivity contribution in [3.8, 4) is 11.5 Å². The van der Waals surface area contributed by atoms with Gasteiger partial charge in [0.15, 0.2) is 17.6 Å². The highest BCUT2D eigenvalue weighted by Crippen LogP contribution is 2.41. The Kier molecular flexibility index (Phi) is 8.66. The van der Waals surface area contributed by atoms with Gasteiger partial charge in [0.1, 0.15) is 12.4 Å². The number of aliphatic hydroxyl groups is 1. The minimum absolute atomic E-state index is 0.0686. The number of halogens is 1. The first kappa shape index (κ1) is 26.2. The van der Waals surface area contributed by atoms with Gasteiger partial charge in [-0.25, -0.2) is 4.39 Å². The number of para-hydroxylation sites is 1. The van der Waals surface area contributed by atoms with E-state index in [1.165, 1.54) is 24.3 Å². The Bertz CT molecular complexity index is 1010. The molecule has 0 aromatic heterocycles. The number of nitrogens with one attached hydrogen (secondary N) is 1. The molecule has 1 saturated heterocycles. The molecule has 2 N–H and O–H groups in total. The Morgan fingerprint density at radius 3 is 2.64 bits per heavy atom. The predicted octanol–water partition coefficient (Wildman–Crippen LogP) is 2.55. The standard InChI is InChI=1S/C27H36FN3O5/c1-27(2,18-32)19-34-16-22-17-35-25-23(4-3-5-24(25)36-22)31-14-12-30(13-15-31)11-10-29-26(33)20-6-8-21(28)9-7-20/h3-9,22,32H,10-19H2,1-2H3,(H,29,33). The number of rotatable bonds is 10. The first-order valence-electron chi connectivity index (χ1n) is 12.5. The molecular weight excluding hydrogens is 465 g/mol. The summed E-state index contributed by atoms with van der Waals surface area (Å²) in [6.45, 7) is 9.96. The molecule has 2 aromatic rings. The molecule has 1 amide bonds. The van der Waals surface area contributed by atoms with Crippen LogP contribution in [-0.4, -0.2) is 87.7 Å². The molecule has 0 radical (unpaired) electrons. The lowest BCUT2D eigenvalue weighted by Crippen LogP contribution is -2.48. The summed E-state index contributed by atoms with van der Waals surface area (Å²) in [6, 6.07) is 11.5. The molecule has 0 bridgehead atoms. The van der Waals surface area contributed by atoms with Gasteiger partial charge in [-0.2, -0.15) is 0 Å². The number of hydrogen-bond acceptors (Lipinski definition) is 7. The van der Waals surface area contributed by atoms with Crippen LogP contribution in [0.2, 0.25) is 0 Å². The lowest BCUT2D eigenvalue weighted by atomic mass is 9.97. The molecule has 1 unspecified atom stereocenters. The number of ether oxygens (including phenoxy) is 3. The van der Waals surface area contributed by atoms with Crippen LogP contribution in [0, 0.1) is 11.2 Å². The van der Waals surface area contributed by atoms with E-state index < -0.39 is 0 Å². The minimum atomic E-state index is -0.353. The van der Waals surface area contributed by atoms with Crippen LogP contribution in [-0.2, 0) is 4.74 Å². The molecule has 2 heterocycles. The highest BCUT2D eigenvalue weighted by atomic mass is 19.1. The zero-order valence-corrected chi connectivity index (χ0v) is 21.0. The van der Waals surface area contributed by atoms with Crippen LogP contribution in [0.4, 0.5) is 10.1 Å². The SMILES string of the molecule is CC(C)(CO)COCC1COc2c(cccc2N2CCN(CCNC(=O)c3ccc(F)cc3)CC2)O1. The fourth-order valence-electron chi connectivity index (χ4n) is 4.22. The maximum Gasteiger partial charge on any atom is 0.251 e. The third-order valence-corrected chi connectivity index (χ3v) is 6.42. The molecule has 2 aromatic carbocycles. The molecule has 0 saturated carbocycles. The van der Waals surface area contributed by atoms with Gasteiger partial charge in [-0.1, -0.05) is 19.9 Å². The van der Waals surface area contributed by atoms with Crippen molar-refractivity contribution in [3.63, 3.8) is 0 Å². The summed E-state index contributed by atoms with van der Waals surface area (Å²) >= 11 is 0. The summed E-state index contributed by atoms with van der Waals surface area (Å²) in [5, 5.41) is 12.3. The van der Waals surface area contributed by atoms with Crippen LogP contribution < -0.4 is 19.7 Å². The summed E-state index contributed by atoms with van der Waals surface area (Å²) in [5.74, 6) is 0.944. The second-order valence-electron chi connectivity index (χ2n) is 10.1. The van der Waals surface area contributed by atoms with Crippen molar-refractivity contribution in [2.75, 3.05) is 70.6 Å². The third kappa shape index (κ3) is 6.87. The number of hydrogen-bond donors (Lipinski definition) is 2. The number of carbonyl (C=O) groups excluding carboxylic acids is 1. The molecule has 4 rings (SSSR count). The smallest absolute Gasteiger partial charge is 0.251 e. The average molecular weight is 502 g/mol. The van der Waals surface area contributed by atoms with Gasteiger partial charge in [0.05, 0.1) is 25.5 Å².